The summed E-state index contributed by atoms with van der Waals surface area (Å²) in [4.78, 5) is 9.28. The highest BCUT2D eigenvalue weighted by Crippen LogP contribution is 2.39. The summed E-state index contributed by atoms with van der Waals surface area (Å²) in [6.45, 7) is 0. The standard InChI is InChI=1S/C17H19ClN4O/c1-22(13-5-4-12(9-19)15(18)7-13)14-3-2-6-17(23,8-14)16-10-20-11-21-16/h4-5,7,10-11,14,23H,2-3,6,8H2,1H3,(H,20,21). The number of rotatable bonds is 3. The molecule has 0 amide bonds. The van der Waals surface area contributed by atoms with E-state index in [4.69, 9.17) is 16.9 Å². The van der Waals surface area contributed by atoms with Crippen LogP contribution < -0.4 is 4.90 Å². The van der Waals surface area contributed by atoms with E-state index in [-0.39, 0.29) is 6.04 Å². The summed E-state index contributed by atoms with van der Waals surface area (Å²) in [5, 5.41) is 20.4. The highest BCUT2D eigenvalue weighted by Gasteiger charge is 2.38. The van der Waals surface area contributed by atoms with Crippen molar-refractivity contribution >= 4 is 17.3 Å². The first-order valence-electron chi connectivity index (χ1n) is 7.67. The molecule has 2 N–H and O–H groups in total. The molecular weight excluding hydrogens is 312 g/mol. The number of halogens is 1. The molecule has 0 bridgehead atoms. The molecule has 3 rings (SSSR count). The zero-order chi connectivity index (χ0) is 16.4. The van der Waals surface area contributed by atoms with E-state index in [9.17, 15) is 5.11 Å². The predicted molar refractivity (Wildman–Crippen MR) is 89.3 cm³/mol. The average Bonchev–Trinajstić information content (AvgIpc) is 3.09. The number of aliphatic hydroxyl groups is 1. The van der Waals surface area contributed by atoms with E-state index in [1.54, 1.807) is 18.6 Å². The van der Waals surface area contributed by atoms with Crippen molar-refractivity contribution in [3.63, 3.8) is 0 Å². The Morgan fingerprint density at radius 1 is 1.52 bits per heavy atom. The second-order valence-corrected chi connectivity index (χ2v) is 6.53. The van der Waals surface area contributed by atoms with E-state index in [0.29, 0.717) is 22.7 Å². The molecule has 2 unspecified atom stereocenters. The lowest BCUT2D eigenvalue weighted by atomic mass is 9.79. The Morgan fingerprint density at radius 2 is 2.35 bits per heavy atom. The number of imidazole rings is 1. The lowest BCUT2D eigenvalue weighted by molar-refractivity contribution is -0.0113. The summed E-state index contributed by atoms with van der Waals surface area (Å²) in [5.74, 6) is 0. The molecule has 23 heavy (non-hydrogen) atoms. The van der Waals surface area contributed by atoms with Crippen LogP contribution in [0.4, 0.5) is 5.69 Å². The van der Waals surface area contributed by atoms with Crippen LogP contribution in [0, 0.1) is 11.3 Å². The van der Waals surface area contributed by atoms with Gasteiger partial charge in [0.05, 0.1) is 22.6 Å². The van der Waals surface area contributed by atoms with Gasteiger partial charge in [0.2, 0.25) is 0 Å². The number of benzene rings is 1. The third-order valence-electron chi connectivity index (χ3n) is 4.70. The molecule has 0 saturated heterocycles. The number of aromatic amines is 1. The molecule has 1 saturated carbocycles. The molecule has 1 fully saturated rings. The molecular formula is C17H19ClN4O. The number of nitrogens with one attached hydrogen (secondary N) is 1. The number of nitrogens with zero attached hydrogens (tertiary/aromatic N) is 3. The average molecular weight is 331 g/mol. The maximum atomic E-state index is 11.0. The van der Waals surface area contributed by atoms with Gasteiger partial charge in [-0.05, 0) is 37.5 Å². The van der Waals surface area contributed by atoms with Crippen LogP contribution in [0.1, 0.15) is 36.9 Å². The maximum absolute atomic E-state index is 11.0. The molecule has 1 aromatic heterocycles. The summed E-state index contributed by atoms with van der Waals surface area (Å²) in [6.07, 6.45) is 6.63. The number of hydrogen-bond acceptors (Lipinski definition) is 4. The van der Waals surface area contributed by atoms with Gasteiger partial charge in [0.15, 0.2) is 0 Å². The predicted octanol–water partition coefficient (Wildman–Crippen LogP) is 3.20. The zero-order valence-electron chi connectivity index (χ0n) is 13.0. The highest BCUT2D eigenvalue weighted by atomic mass is 35.5. The maximum Gasteiger partial charge on any atom is 0.110 e. The SMILES string of the molecule is CN(c1ccc(C#N)c(Cl)c1)C1CCCC(O)(c2c[nH]cn2)C1. The van der Waals surface area contributed by atoms with Crippen LogP contribution in [0.15, 0.2) is 30.7 Å². The largest absolute Gasteiger partial charge is 0.383 e. The summed E-state index contributed by atoms with van der Waals surface area (Å²) in [7, 11) is 2.00. The smallest absolute Gasteiger partial charge is 0.110 e. The van der Waals surface area contributed by atoms with Crippen LogP contribution in [0.3, 0.4) is 0 Å². The minimum absolute atomic E-state index is 0.189. The van der Waals surface area contributed by atoms with Crippen LogP contribution in [0.2, 0.25) is 5.02 Å². The molecule has 1 aromatic carbocycles. The molecule has 1 aliphatic rings. The fourth-order valence-electron chi connectivity index (χ4n) is 3.33. The summed E-state index contributed by atoms with van der Waals surface area (Å²) in [5.41, 5.74) is 1.23. The molecule has 0 aliphatic heterocycles. The van der Waals surface area contributed by atoms with E-state index in [2.05, 4.69) is 20.9 Å². The molecule has 2 atom stereocenters. The van der Waals surface area contributed by atoms with Gasteiger partial charge >= 0.3 is 0 Å². The van der Waals surface area contributed by atoms with Crippen molar-refractivity contribution < 1.29 is 5.11 Å². The van der Waals surface area contributed by atoms with E-state index in [1.165, 1.54) is 0 Å². The van der Waals surface area contributed by atoms with Crippen molar-refractivity contribution in [2.75, 3.05) is 11.9 Å². The Labute approximate surface area is 140 Å². The van der Waals surface area contributed by atoms with Crippen molar-refractivity contribution in [2.45, 2.75) is 37.3 Å². The number of anilines is 1. The van der Waals surface area contributed by atoms with Gasteiger partial charge in [-0.15, -0.1) is 0 Å². The highest BCUT2D eigenvalue weighted by molar-refractivity contribution is 6.32. The molecule has 1 heterocycles. The van der Waals surface area contributed by atoms with Crippen molar-refractivity contribution in [3.8, 4) is 6.07 Å². The van der Waals surface area contributed by atoms with Crippen LogP contribution in [0.25, 0.3) is 0 Å². The Hall–Kier alpha value is -2.03. The topological polar surface area (TPSA) is 75.9 Å². The van der Waals surface area contributed by atoms with Gasteiger partial charge in [-0.3, -0.25) is 0 Å². The van der Waals surface area contributed by atoms with Crippen molar-refractivity contribution in [2.24, 2.45) is 0 Å². The van der Waals surface area contributed by atoms with Crippen LogP contribution in [0.5, 0.6) is 0 Å². The molecule has 0 radical (unpaired) electrons. The van der Waals surface area contributed by atoms with E-state index in [0.717, 1.165) is 24.9 Å². The van der Waals surface area contributed by atoms with Crippen LogP contribution in [-0.2, 0) is 5.60 Å². The third kappa shape index (κ3) is 3.05. The summed E-state index contributed by atoms with van der Waals surface area (Å²) in [6, 6.07) is 7.70. The summed E-state index contributed by atoms with van der Waals surface area (Å²) >= 11 is 6.14. The van der Waals surface area contributed by atoms with Crippen LogP contribution in [-0.4, -0.2) is 28.2 Å². The number of H-pyrrole nitrogens is 1. The molecule has 1 aliphatic carbocycles. The Kier molecular flexibility index (Phi) is 4.29. The first kappa shape index (κ1) is 15.9. The first-order chi connectivity index (χ1) is 11.0. The van der Waals surface area contributed by atoms with E-state index < -0.39 is 5.60 Å². The van der Waals surface area contributed by atoms with Gasteiger partial charge in [0, 0.05) is 31.4 Å². The Bertz CT molecular complexity index is 725. The minimum atomic E-state index is -0.895. The van der Waals surface area contributed by atoms with Crippen molar-refractivity contribution in [1.82, 2.24) is 9.97 Å². The third-order valence-corrected chi connectivity index (χ3v) is 5.02. The van der Waals surface area contributed by atoms with Crippen molar-refractivity contribution in [1.29, 1.82) is 5.26 Å². The van der Waals surface area contributed by atoms with Crippen LogP contribution >= 0.6 is 11.6 Å². The van der Waals surface area contributed by atoms with Gasteiger partial charge in [-0.2, -0.15) is 5.26 Å². The molecule has 5 nitrogen and oxygen atoms in total. The van der Waals surface area contributed by atoms with E-state index in [1.807, 2.05) is 19.2 Å². The molecule has 2 aromatic rings. The minimum Gasteiger partial charge on any atom is -0.383 e. The first-order valence-corrected chi connectivity index (χ1v) is 8.05. The van der Waals surface area contributed by atoms with Gasteiger partial charge in [0.1, 0.15) is 11.7 Å². The molecule has 0 spiro atoms. The van der Waals surface area contributed by atoms with Gasteiger partial charge in [0.25, 0.3) is 0 Å². The molecule has 120 valence electrons. The van der Waals surface area contributed by atoms with Gasteiger partial charge in [-0.25, -0.2) is 4.98 Å². The zero-order valence-corrected chi connectivity index (χ0v) is 13.7. The second kappa shape index (κ2) is 6.23. The second-order valence-electron chi connectivity index (χ2n) is 6.12. The number of hydrogen-bond donors (Lipinski definition) is 2. The Morgan fingerprint density at radius 3 is 3.00 bits per heavy atom. The van der Waals surface area contributed by atoms with Crippen molar-refractivity contribution in [3.05, 3.63) is 47.0 Å². The fourth-order valence-corrected chi connectivity index (χ4v) is 3.54. The lowest BCUT2D eigenvalue weighted by Gasteiger charge is -2.40. The normalized spacial score (nSPS) is 24.2. The monoisotopic (exact) mass is 330 g/mol. The number of aromatic nitrogens is 2. The van der Waals surface area contributed by atoms with E-state index >= 15 is 0 Å². The Balaban J connectivity index is 1.81. The number of nitriles is 1. The quantitative estimate of drug-likeness (QED) is 0.906. The lowest BCUT2D eigenvalue weighted by Crippen LogP contribution is -2.43. The van der Waals surface area contributed by atoms with Gasteiger partial charge in [-0.1, -0.05) is 11.6 Å². The van der Waals surface area contributed by atoms with Gasteiger partial charge < -0.3 is 15.0 Å². The molecule has 6 heteroatoms. The fraction of sp³-hybridized carbons (Fsp3) is 0.412. The summed E-state index contributed by atoms with van der Waals surface area (Å²) < 4.78 is 0.